The Morgan fingerprint density at radius 3 is 2.52 bits per heavy atom. The maximum absolute atomic E-state index is 13.3. The van der Waals surface area contributed by atoms with E-state index >= 15 is 0 Å². The molecule has 2 fully saturated rings. The van der Waals surface area contributed by atoms with Crippen LogP contribution in [0.15, 0.2) is 34.9 Å². The molecule has 2 heterocycles. The van der Waals surface area contributed by atoms with Gasteiger partial charge in [0.2, 0.25) is 15.9 Å². The van der Waals surface area contributed by atoms with Gasteiger partial charge in [0.1, 0.15) is 6.04 Å². The van der Waals surface area contributed by atoms with Crippen LogP contribution in [0.1, 0.15) is 81.1 Å². The van der Waals surface area contributed by atoms with Gasteiger partial charge in [0.15, 0.2) is 5.82 Å². The number of hydrogen-bond donors (Lipinski definition) is 0. The third-order valence-corrected chi connectivity index (χ3v) is 8.64. The van der Waals surface area contributed by atoms with E-state index in [4.69, 9.17) is 4.52 Å². The van der Waals surface area contributed by atoms with E-state index in [1.165, 1.54) is 5.56 Å². The summed E-state index contributed by atoms with van der Waals surface area (Å²) in [7, 11) is -3.32. The van der Waals surface area contributed by atoms with Gasteiger partial charge in [0.25, 0.3) is 0 Å². The van der Waals surface area contributed by atoms with Crippen LogP contribution in [0.5, 0.6) is 0 Å². The van der Waals surface area contributed by atoms with E-state index in [0.29, 0.717) is 18.3 Å². The molecule has 29 heavy (non-hydrogen) atoms. The molecule has 0 radical (unpaired) electrons. The predicted octanol–water partition coefficient (Wildman–Crippen LogP) is 4.43. The Kier molecular flexibility index (Phi) is 6.65. The summed E-state index contributed by atoms with van der Waals surface area (Å²) in [5.41, 5.74) is 1.30. The quantitative estimate of drug-likeness (QED) is 0.666. The van der Waals surface area contributed by atoms with Crippen LogP contribution in [0.3, 0.4) is 0 Å². The van der Waals surface area contributed by atoms with Crippen LogP contribution < -0.4 is 0 Å². The average Bonchev–Trinajstić information content (AvgIpc) is 3.24. The molecule has 7 heteroatoms. The molecule has 1 aliphatic carbocycles. The van der Waals surface area contributed by atoms with E-state index in [-0.39, 0.29) is 11.3 Å². The Labute approximate surface area is 173 Å². The molecule has 4 rings (SSSR count). The van der Waals surface area contributed by atoms with Crippen LogP contribution in [0, 0.1) is 0 Å². The van der Waals surface area contributed by atoms with Gasteiger partial charge in [-0.2, -0.15) is 9.29 Å². The number of benzene rings is 1. The maximum atomic E-state index is 13.3. The summed E-state index contributed by atoms with van der Waals surface area (Å²) >= 11 is 0. The first-order valence-electron chi connectivity index (χ1n) is 11.0. The van der Waals surface area contributed by atoms with Crippen molar-refractivity contribution in [2.75, 3.05) is 6.54 Å². The van der Waals surface area contributed by atoms with Crippen LogP contribution >= 0.6 is 0 Å². The van der Waals surface area contributed by atoms with Gasteiger partial charge in [0.05, 0.1) is 5.25 Å². The fourth-order valence-corrected chi connectivity index (χ4v) is 6.86. The van der Waals surface area contributed by atoms with E-state index in [1.807, 2.05) is 18.2 Å². The zero-order chi connectivity index (χ0) is 20.1. The van der Waals surface area contributed by atoms with Crippen molar-refractivity contribution in [1.82, 2.24) is 14.4 Å². The van der Waals surface area contributed by atoms with Crippen molar-refractivity contribution < 1.29 is 12.9 Å². The fourth-order valence-electron chi connectivity index (χ4n) is 4.61. The summed E-state index contributed by atoms with van der Waals surface area (Å²) < 4.78 is 33.8. The highest BCUT2D eigenvalue weighted by Gasteiger charge is 2.41. The minimum absolute atomic E-state index is 0.245. The summed E-state index contributed by atoms with van der Waals surface area (Å²) in [5, 5.41) is 3.90. The van der Waals surface area contributed by atoms with Gasteiger partial charge in [-0.3, -0.25) is 0 Å². The predicted molar refractivity (Wildman–Crippen MR) is 112 cm³/mol. The lowest BCUT2D eigenvalue weighted by Gasteiger charge is -2.36. The van der Waals surface area contributed by atoms with Crippen molar-refractivity contribution in [2.45, 2.75) is 81.9 Å². The molecule has 1 atom stereocenters. The molecular weight excluding hydrogens is 386 g/mol. The van der Waals surface area contributed by atoms with Crippen LogP contribution in [0.4, 0.5) is 0 Å². The number of sulfonamides is 1. The second-order valence-electron chi connectivity index (χ2n) is 8.32. The van der Waals surface area contributed by atoms with Crippen molar-refractivity contribution in [3.8, 4) is 0 Å². The Morgan fingerprint density at radius 2 is 1.72 bits per heavy atom. The van der Waals surface area contributed by atoms with E-state index in [9.17, 15) is 8.42 Å². The molecule has 2 aliphatic rings. The van der Waals surface area contributed by atoms with Gasteiger partial charge >= 0.3 is 0 Å². The molecule has 158 valence electrons. The summed E-state index contributed by atoms with van der Waals surface area (Å²) in [4.78, 5) is 4.59. The molecule has 1 saturated heterocycles. The van der Waals surface area contributed by atoms with Crippen molar-refractivity contribution in [3.63, 3.8) is 0 Å². The van der Waals surface area contributed by atoms with Crippen LogP contribution in [0.25, 0.3) is 0 Å². The van der Waals surface area contributed by atoms with E-state index in [1.54, 1.807) is 4.31 Å². The zero-order valence-electron chi connectivity index (χ0n) is 17.0. The molecule has 1 aliphatic heterocycles. The largest absolute Gasteiger partial charge is 0.338 e. The molecule has 0 amide bonds. The second-order valence-corrected chi connectivity index (χ2v) is 10.5. The van der Waals surface area contributed by atoms with E-state index in [0.717, 1.165) is 70.6 Å². The van der Waals surface area contributed by atoms with Crippen molar-refractivity contribution >= 4 is 10.0 Å². The highest BCUT2D eigenvalue weighted by atomic mass is 32.2. The highest BCUT2D eigenvalue weighted by molar-refractivity contribution is 7.89. The first-order valence-corrected chi connectivity index (χ1v) is 12.5. The van der Waals surface area contributed by atoms with Crippen molar-refractivity contribution in [1.29, 1.82) is 0 Å². The molecule has 1 aromatic heterocycles. The molecule has 0 bridgehead atoms. The molecular formula is C22H31N3O3S. The number of rotatable bonds is 7. The molecule has 1 saturated carbocycles. The zero-order valence-corrected chi connectivity index (χ0v) is 17.8. The maximum Gasteiger partial charge on any atom is 0.245 e. The third-order valence-electron chi connectivity index (χ3n) is 6.23. The topological polar surface area (TPSA) is 76.3 Å². The average molecular weight is 418 g/mol. The third kappa shape index (κ3) is 4.89. The summed E-state index contributed by atoms with van der Waals surface area (Å²) in [5.74, 6) is 1.15. The normalized spacial score (nSPS) is 22.0. The molecule has 0 unspecified atom stereocenters. The Bertz CT molecular complexity index is 876. The van der Waals surface area contributed by atoms with Gasteiger partial charge < -0.3 is 4.52 Å². The molecule has 0 spiro atoms. The fraction of sp³-hybridized carbons (Fsp3) is 0.636. The molecule has 1 aromatic carbocycles. The number of aromatic nitrogens is 2. The van der Waals surface area contributed by atoms with Crippen molar-refractivity contribution in [2.24, 2.45) is 0 Å². The SMILES string of the molecule is O=S(=O)(C1CCCCC1)N1CCCC[C@H]1c1nc(CCCc2ccccc2)no1. The summed E-state index contributed by atoms with van der Waals surface area (Å²) in [6, 6.07) is 10.1. The van der Waals surface area contributed by atoms with Crippen LogP contribution in [-0.4, -0.2) is 34.7 Å². The van der Waals surface area contributed by atoms with Gasteiger partial charge in [0, 0.05) is 13.0 Å². The monoisotopic (exact) mass is 417 g/mol. The van der Waals surface area contributed by atoms with Gasteiger partial charge in [-0.05, 0) is 44.1 Å². The molecule has 6 nitrogen and oxygen atoms in total. The number of hydrogen-bond acceptors (Lipinski definition) is 5. The first-order chi connectivity index (χ1) is 14.1. The van der Waals surface area contributed by atoms with Crippen molar-refractivity contribution in [3.05, 3.63) is 47.6 Å². The molecule has 2 aromatic rings. The number of aryl methyl sites for hydroxylation is 2. The summed E-state index contributed by atoms with van der Waals surface area (Å²) in [6.45, 7) is 0.565. The second kappa shape index (κ2) is 9.39. The number of nitrogens with zero attached hydrogens (tertiary/aromatic N) is 3. The van der Waals surface area contributed by atoms with Gasteiger partial charge in [-0.1, -0.05) is 61.2 Å². The number of piperidine rings is 1. The highest BCUT2D eigenvalue weighted by Crippen LogP contribution is 2.36. The minimum atomic E-state index is -3.32. The lowest BCUT2D eigenvalue weighted by molar-refractivity contribution is 0.201. The Balaban J connectivity index is 1.42. The smallest absolute Gasteiger partial charge is 0.245 e. The van der Waals surface area contributed by atoms with Crippen LogP contribution in [-0.2, 0) is 22.9 Å². The Hall–Kier alpha value is -1.73. The van der Waals surface area contributed by atoms with E-state index in [2.05, 4.69) is 22.3 Å². The van der Waals surface area contributed by atoms with E-state index < -0.39 is 10.0 Å². The standard InChI is InChI=1S/C22H31N3O3S/c26-29(27,19-13-5-2-6-14-19)25-17-8-7-15-20(25)22-23-21(24-28-22)16-9-12-18-10-3-1-4-11-18/h1,3-4,10-11,19-20H,2,5-9,12-17H2/t20-/m0/s1. The van der Waals surface area contributed by atoms with Crippen LogP contribution in [0.2, 0.25) is 0 Å². The first kappa shape index (κ1) is 20.5. The Morgan fingerprint density at radius 1 is 0.966 bits per heavy atom. The summed E-state index contributed by atoms with van der Waals surface area (Å²) in [6.07, 6.45) is 10.0. The lowest BCUT2D eigenvalue weighted by Crippen LogP contribution is -2.44. The minimum Gasteiger partial charge on any atom is -0.338 e. The van der Waals surface area contributed by atoms with Gasteiger partial charge in [-0.15, -0.1) is 0 Å². The molecule has 0 N–H and O–H groups in total. The van der Waals surface area contributed by atoms with Gasteiger partial charge in [-0.25, -0.2) is 8.42 Å². The lowest BCUT2D eigenvalue weighted by atomic mass is 10.0.